The number of fused-ring (bicyclic) bond motifs is 1. The first-order chi connectivity index (χ1) is 22.1. The van der Waals surface area contributed by atoms with Gasteiger partial charge in [0.25, 0.3) is 0 Å². The highest BCUT2D eigenvalue weighted by atomic mass is 16.5. The number of nitrogens with one attached hydrogen (secondary N) is 1. The van der Waals surface area contributed by atoms with Crippen molar-refractivity contribution in [3.05, 3.63) is 83.6 Å². The second-order valence-corrected chi connectivity index (χ2v) is 12.2. The number of allylic oxidation sites excluding steroid dienone is 3. The minimum atomic E-state index is 0.212. The standard InChI is InChI=1S/C26H34N2O2.C8H13NO.C3H9N.C2H2/c1-4-5-12-28(24-8-6-7-19(2)14-24)26(29)18-27-17-23(15-20(27)3)21-9-10-25-22(16-21)11-13-30-25;1-3-5-6-7-9(4-2)8-10;1-4(2)3;1-2/h6-10,14,16,20,23H,4-5,11-13,15,17-18H2,1-3H3;3,5-8H,4H2,1-2H3;1-3H3;1-2H/p+1/b;5-3-,7-6-;;/t20?,23-;;;/m1.../s1. The van der Waals surface area contributed by atoms with Gasteiger partial charge in [-0.1, -0.05) is 49.8 Å². The Hall–Kier alpha value is -3.86. The Bertz CT molecular complexity index is 1250. The molecule has 1 saturated heterocycles. The van der Waals surface area contributed by atoms with E-state index < -0.39 is 0 Å². The van der Waals surface area contributed by atoms with Gasteiger partial charge in [-0.25, -0.2) is 0 Å². The molecule has 2 atom stereocenters. The maximum Gasteiger partial charge on any atom is 0.241 e. The maximum absolute atomic E-state index is 13.3. The average molecular weight is 632 g/mol. The third-order valence-electron chi connectivity index (χ3n) is 7.66. The van der Waals surface area contributed by atoms with Gasteiger partial charge in [0.05, 0.1) is 34.3 Å². The van der Waals surface area contributed by atoms with Gasteiger partial charge in [-0.2, -0.15) is 0 Å². The molecule has 7 nitrogen and oxygen atoms in total. The third-order valence-corrected chi connectivity index (χ3v) is 7.66. The minimum absolute atomic E-state index is 0.212. The molecule has 46 heavy (non-hydrogen) atoms. The van der Waals surface area contributed by atoms with Crippen molar-refractivity contribution in [1.82, 2.24) is 9.80 Å². The first-order valence-corrected chi connectivity index (χ1v) is 16.6. The number of benzene rings is 2. The molecule has 4 rings (SSSR count). The van der Waals surface area contributed by atoms with Gasteiger partial charge in [0.2, 0.25) is 12.3 Å². The molecule has 0 radical (unpaired) electrons. The molecule has 1 N–H and O–H groups in total. The highest BCUT2D eigenvalue weighted by molar-refractivity contribution is 5.94. The van der Waals surface area contributed by atoms with Crippen molar-refractivity contribution in [2.75, 3.05) is 58.8 Å². The largest absolute Gasteiger partial charge is 0.493 e. The van der Waals surface area contributed by atoms with E-state index in [1.54, 1.807) is 11.1 Å². The highest BCUT2D eigenvalue weighted by Crippen LogP contribution is 2.35. The van der Waals surface area contributed by atoms with E-state index in [9.17, 15) is 9.59 Å². The maximum atomic E-state index is 13.3. The molecule has 2 heterocycles. The first kappa shape index (κ1) is 40.2. The fourth-order valence-corrected chi connectivity index (χ4v) is 5.28. The molecule has 0 aliphatic carbocycles. The van der Waals surface area contributed by atoms with Crippen molar-refractivity contribution in [2.24, 2.45) is 0 Å². The number of quaternary nitrogens is 1. The van der Waals surface area contributed by atoms with Crippen LogP contribution in [0.3, 0.4) is 0 Å². The summed E-state index contributed by atoms with van der Waals surface area (Å²) in [6, 6.07) is 15.4. The van der Waals surface area contributed by atoms with E-state index in [0.29, 0.717) is 18.5 Å². The third kappa shape index (κ3) is 14.1. The molecule has 2 aliphatic heterocycles. The molecule has 0 spiro atoms. The van der Waals surface area contributed by atoms with E-state index in [1.807, 2.05) is 43.0 Å². The molecule has 0 saturated carbocycles. The van der Waals surface area contributed by atoms with Crippen molar-refractivity contribution in [3.63, 3.8) is 0 Å². The Balaban J connectivity index is 0.000000554. The molecular formula is C39H59N4O3+. The fraction of sp³-hybridized carbons (Fsp3) is 0.487. The van der Waals surface area contributed by atoms with Gasteiger partial charge >= 0.3 is 0 Å². The van der Waals surface area contributed by atoms with Crippen molar-refractivity contribution >= 4 is 18.0 Å². The van der Waals surface area contributed by atoms with Crippen LogP contribution in [0.4, 0.5) is 5.69 Å². The van der Waals surface area contributed by atoms with Crippen LogP contribution in [0.2, 0.25) is 0 Å². The zero-order valence-electron chi connectivity index (χ0n) is 29.7. The summed E-state index contributed by atoms with van der Waals surface area (Å²) >= 11 is 0. The number of amides is 2. The number of anilines is 1. The molecule has 1 fully saturated rings. The number of terminal acetylenes is 1. The lowest BCUT2D eigenvalue weighted by Crippen LogP contribution is -3.02. The summed E-state index contributed by atoms with van der Waals surface area (Å²) < 4.78 is 5.66. The van der Waals surface area contributed by atoms with E-state index in [1.165, 1.54) is 21.6 Å². The number of unbranched alkanes of at least 4 members (excludes halogenated alkanes) is 1. The van der Waals surface area contributed by atoms with E-state index in [2.05, 4.69) is 96.1 Å². The lowest BCUT2D eigenvalue weighted by Gasteiger charge is -2.27. The normalized spacial score (nSPS) is 16.8. The number of rotatable bonds is 11. The molecular weight excluding hydrogens is 572 g/mol. The number of hydrogen-bond acceptors (Lipinski definition) is 4. The molecule has 2 aliphatic rings. The van der Waals surface area contributed by atoms with Crippen LogP contribution in [0.1, 0.15) is 69.6 Å². The zero-order valence-corrected chi connectivity index (χ0v) is 29.7. The van der Waals surface area contributed by atoms with Crippen LogP contribution in [0.5, 0.6) is 5.75 Å². The minimum Gasteiger partial charge on any atom is -0.493 e. The van der Waals surface area contributed by atoms with Crippen LogP contribution >= 0.6 is 0 Å². The SMILES string of the molecule is C#C.C/C=C\C=C/N(C=O)CC.CCCCN(C(=O)CN1C[C@H](c2ccc3c(c2)CCO3)CC1C)c1cccc(C)c1.C[NH+](C)C. The van der Waals surface area contributed by atoms with Crippen LogP contribution in [0.25, 0.3) is 0 Å². The molecule has 0 aromatic heterocycles. The summed E-state index contributed by atoms with van der Waals surface area (Å²) in [5.74, 6) is 1.74. The molecule has 2 amide bonds. The Kier molecular flexibility index (Phi) is 19.7. The van der Waals surface area contributed by atoms with Crippen LogP contribution in [-0.4, -0.2) is 82.1 Å². The Morgan fingerprint density at radius 2 is 1.83 bits per heavy atom. The highest BCUT2D eigenvalue weighted by Gasteiger charge is 2.33. The number of carbonyl (C=O) groups excluding carboxylic acids is 2. The second-order valence-electron chi connectivity index (χ2n) is 12.2. The van der Waals surface area contributed by atoms with Crippen molar-refractivity contribution in [3.8, 4) is 18.6 Å². The quantitative estimate of drug-likeness (QED) is 0.202. The fourth-order valence-electron chi connectivity index (χ4n) is 5.28. The van der Waals surface area contributed by atoms with Crippen LogP contribution in [0.15, 0.2) is 66.9 Å². The lowest BCUT2D eigenvalue weighted by molar-refractivity contribution is -0.836. The number of carbonyl (C=O) groups is 2. The van der Waals surface area contributed by atoms with Gasteiger partial charge < -0.3 is 19.4 Å². The van der Waals surface area contributed by atoms with Gasteiger partial charge in [-0.3, -0.25) is 14.5 Å². The summed E-state index contributed by atoms with van der Waals surface area (Å²) in [7, 11) is 6.25. The van der Waals surface area contributed by atoms with Crippen LogP contribution in [-0.2, 0) is 16.0 Å². The van der Waals surface area contributed by atoms with Crippen molar-refractivity contribution < 1.29 is 19.2 Å². The average Bonchev–Trinajstić information content (AvgIpc) is 3.66. The van der Waals surface area contributed by atoms with Gasteiger partial charge in [-0.05, 0) is 87.4 Å². The van der Waals surface area contributed by atoms with Gasteiger partial charge in [0.1, 0.15) is 5.75 Å². The second kappa shape index (κ2) is 22.6. The monoisotopic (exact) mass is 631 g/mol. The molecule has 7 heteroatoms. The topological polar surface area (TPSA) is 57.5 Å². The lowest BCUT2D eigenvalue weighted by atomic mass is 9.94. The smallest absolute Gasteiger partial charge is 0.241 e. The van der Waals surface area contributed by atoms with E-state index in [0.717, 1.165) is 69.8 Å². The summed E-state index contributed by atoms with van der Waals surface area (Å²) in [5.41, 5.74) is 4.94. The number of ether oxygens (including phenoxy) is 1. The van der Waals surface area contributed by atoms with Crippen molar-refractivity contribution in [2.45, 2.75) is 72.3 Å². The molecule has 2 aromatic rings. The molecule has 0 bridgehead atoms. The Morgan fingerprint density at radius 1 is 1.11 bits per heavy atom. The van der Waals surface area contributed by atoms with Gasteiger partial charge in [-0.15, -0.1) is 12.8 Å². The number of nitrogens with zero attached hydrogens (tertiary/aromatic N) is 3. The van der Waals surface area contributed by atoms with Crippen molar-refractivity contribution in [1.29, 1.82) is 0 Å². The first-order valence-electron chi connectivity index (χ1n) is 16.6. The Labute approximate surface area is 279 Å². The van der Waals surface area contributed by atoms with Gasteiger partial charge in [0, 0.05) is 44.0 Å². The summed E-state index contributed by atoms with van der Waals surface area (Å²) in [4.78, 5) is 30.8. The Morgan fingerprint density at radius 3 is 2.43 bits per heavy atom. The van der Waals surface area contributed by atoms with E-state index in [4.69, 9.17) is 4.74 Å². The summed E-state index contributed by atoms with van der Waals surface area (Å²) in [6.45, 7) is 14.1. The predicted octanol–water partition coefficient (Wildman–Crippen LogP) is 5.51. The van der Waals surface area contributed by atoms with Crippen LogP contribution in [0, 0.1) is 19.8 Å². The number of aryl methyl sites for hydroxylation is 1. The molecule has 252 valence electrons. The zero-order chi connectivity index (χ0) is 34.5. The molecule has 2 aromatic carbocycles. The summed E-state index contributed by atoms with van der Waals surface area (Å²) in [6.07, 6.45) is 20.4. The predicted molar refractivity (Wildman–Crippen MR) is 193 cm³/mol. The van der Waals surface area contributed by atoms with E-state index in [-0.39, 0.29) is 5.91 Å². The van der Waals surface area contributed by atoms with E-state index >= 15 is 0 Å². The van der Waals surface area contributed by atoms with Crippen LogP contribution < -0.4 is 14.5 Å². The number of hydrogen-bond donors (Lipinski definition) is 1. The number of likely N-dealkylation sites (tertiary alicyclic amines) is 1. The summed E-state index contributed by atoms with van der Waals surface area (Å²) in [5, 5.41) is 0. The van der Waals surface area contributed by atoms with Gasteiger partial charge in [0.15, 0.2) is 0 Å². The molecule has 1 unspecified atom stereocenters.